The topological polar surface area (TPSA) is 102 Å². The van der Waals surface area contributed by atoms with Gasteiger partial charge in [0.2, 0.25) is 10.0 Å². The van der Waals surface area contributed by atoms with E-state index in [-0.39, 0.29) is 23.1 Å². The molecule has 2 aromatic carbocycles. The minimum atomic E-state index is -3.71. The Balaban J connectivity index is 1.54. The predicted octanol–water partition coefficient (Wildman–Crippen LogP) is 3.74. The Hall–Kier alpha value is -2.79. The molecule has 3 aromatic rings. The van der Waals surface area contributed by atoms with E-state index in [1.165, 1.54) is 54.1 Å². The van der Waals surface area contributed by atoms with E-state index in [9.17, 15) is 18.0 Å². The van der Waals surface area contributed by atoms with Gasteiger partial charge in [0.1, 0.15) is 4.88 Å². The van der Waals surface area contributed by atoms with Gasteiger partial charge in [-0.05, 0) is 43.2 Å². The van der Waals surface area contributed by atoms with Crippen LogP contribution in [0.5, 0.6) is 0 Å². The summed E-state index contributed by atoms with van der Waals surface area (Å²) in [6, 6.07) is 13.1. The monoisotopic (exact) mass is 488 g/mol. The number of thiophene rings is 1. The maximum absolute atomic E-state index is 12.9. The van der Waals surface area contributed by atoms with Crippen molar-refractivity contribution in [3.05, 3.63) is 59.0 Å². The molecule has 2 heterocycles. The van der Waals surface area contributed by atoms with Crippen molar-refractivity contribution in [2.24, 2.45) is 0 Å². The highest BCUT2D eigenvalue weighted by Gasteiger charge is 2.26. The third kappa shape index (κ3) is 4.79. The van der Waals surface area contributed by atoms with Crippen LogP contribution in [0.15, 0.2) is 53.4 Å². The average Bonchev–Trinajstić information content (AvgIpc) is 3.46. The van der Waals surface area contributed by atoms with E-state index in [0.717, 1.165) is 22.9 Å². The molecule has 0 spiro atoms. The highest BCUT2D eigenvalue weighted by Crippen LogP contribution is 2.36. The lowest BCUT2D eigenvalue weighted by Crippen LogP contribution is -2.34. The first-order valence-electron chi connectivity index (χ1n) is 10.4. The lowest BCUT2D eigenvalue weighted by atomic mass is 10.2. The molecule has 174 valence electrons. The fourth-order valence-corrected chi connectivity index (χ4v) is 6.00. The third-order valence-corrected chi connectivity index (χ3v) is 8.50. The Kier molecular flexibility index (Phi) is 6.80. The van der Waals surface area contributed by atoms with Crippen molar-refractivity contribution in [2.75, 3.05) is 32.6 Å². The number of carbonyl (C=O) groups is 2. The maximum Gasteiger partial charge on any atom is 0.350 e. The van der Waals surface area contributed by atoms with Crippen molar-refractivity contribution < 1.29 is 27.5 Å². The normalized spacial score (nSPS) is 16.3. The molecule has 33 heavy (non-hydrogen) atoms. The molecule has 8 nitrogen and oxygen atoms in total. The van der Waals surface area contributed by atoms with E-state index in [1.807, 2.05) is 24.3 Å². The largest absolute Gasteiger partial charge is 0.465 e. The van der Waals surface area contributed by atoms with Crippen molar-refractivity contribution in [2.45, 2.75) is 23.8 Å². The molecule has 0 saturated carbocycles. The van der Waals surface area contributed by atoms with Gasteiger partial charge >= 0.3 is 5.97 Å². The first-order chi connectivity index (χ1) is 15.8. The van der Waals surface area contributed by atoms with Crippen LogP contribution in [0.1, 0.15) is 32.9 Å². The van der Waals surface area contributed by atoms with Crippen LogP contribution in [0.4, 0.5) is 5.69 Å². The van der Waals surface area contributed by atoms with Gasteiger partial charge < -0.3 is 14.8 Å². The predicted molar refractivity (Wildman–Crippen MR) is 126 cm³/mol. The van der Waals surface area contributed by atoms with Crippen LogP contribution in [-0.4, -0.2) is 58.0 Å². The van der Waals surface area contributed by atoms with Gasteiger partial charge in [0, 0.05) is 35.8 Å². The lowest BCUT2D eigenvalue weighted by Gasteiger charge is -2.20. The molecule has 1 amide bonds. The molecule has 0 aliphatic carbocycles. The van der Waals surface area contributed by atoms with E-state index >= 15 is 0 Å². The maximum atomic E-state index is 12.9. The Morgan fingerprint density at radius 1 is 1.18 bits per heavy atom. The molecule has 1 fully saturated rings. The number of anilines is 1. The summed E-state index contributed by atoms with van der Waals surface area (Å²) in [7, 11) is -0.900. The Labute approximate surface area is 196 Å². The second-order valence-electron chi connectivity index (χ2n) is 7.69. The highest BCUT2D eigenvalue weighted by atomic mass is 32.2. The smallest absolute Gasteiger partial charge is 0.350 e. The molecule has 1 unspecified atom stereocenters. The molecule has 1 atom stereocenters. The minimum Gasteiger partial charge on any atom is -0.465 e. The number of fused-ring (bicyclic) bond motifs is 1. The third-order valence-electron chi connectivity index (χ3n) is 5.51. The number of hydrogen-bond donors (Lipinski definition) is 1. The number of ether oxygens (including phenoxy) is 2. The second-order valence-corrected chi connectivity index (χ2v) is 10.8. The van der Waals surface area contributed by atoms with Crippen molar-refractivity contribution in [3.63, 3.8) is 0 Å². The molecule has 1 aliphatic rings. The summed E-state index contributed by atoms with van der Waals surface area (Å²) in [4.78, 5) is 25.5. The van der Waals surface area contributed by atoms with Crippen molar-refractivity contribution in [3.8, 4) is 0 Å². The van der Waals surface area contributed by atoms with Crippen LogP contribution in [0, 0.1) is 0 Å². The number of rotatable bonds is 7. The van der Waals surface area contributed by atoms with Crippen LogP contribution >= 0.6 is 11.3 Å². The summed E-state index contributed by atoms with van der Waals surface area (Å²) in [5.41, 5.74) is 0.641. The number of esters is 1. The van der Waals surface area contributed by atoms with Crippen molar-refractivity contribution in [1.82, 2.24) is 4.31 Å². The molecule has 0 bridgehead atoms. The van der Waals surface area contributed by atoms with E-state index in [0.29, 0.717) is 17.2 Å². The number of likely N-dealkylation sites (N-methyl/N-ethyl adjacent to an activating group) is 1. The van der Waals surface area contributed by atoms with E-state index in [4.69, 9.17) is 9.47 Å². The fraction of sp³-hybridized carbons (Fsp3) is 0.304. The average molecular weight is 489 g/mol. The number of sulfonamides is 1. The summed E-state index contributed by atoms with van der Waals surface area (Å²) >= 11 is 1.23. The standard InChI is InChI=1S/C23H24N2O6S2/c1-25(14-16-6-5-13-31-16)33(28,29)17-11-9-15(10-12-17)22(26)24-20-18-7-3-4-8-19(18)32-21(20)23(27)30-2/h3-4,7-12,16H,5-6,13-14H2,1-2H3,(H,24,26). The van der Waals surface area contributed by atoms with Crippen LogP contribution in [0.25, 0.3) is 10.1 Å². The minimum absolute atomic E-state index is 0.0933. The van der Waals surface area contributed by atoms with Crippen LogP contribution in [0.2, 0.25) is 0 Å². The summed E-state index contributed by atoms with van der Waals surface area (Å²) in [6.07, 6.45) is 1.67. The number of carbonyl (C=O) groups excluding carboxylic acids is 2. The first-order valence-corrected chi connectivity index (χ1v) is 12.7. The molecule has 1 aliphatic heterocycles. The number of methoxy groups -OCH3 is 1. The SMILES string of the molecule is COC(=O)c1sc2ccccc2c1NC(=O)c1ccc(S(=O)(=O)N(C)CC2CCCO2)cc1. The van der Waals surface area contributed by atoms with Crippen LogP contribution in [-0.2, 0) is 19.5 Å². The highest BCUT2D eigenvalue weighted by molar-refractivity contribution is 7.89. The fourth-order valence-electron chi connectivity index (χ4n) is 3.72. The first kappa shape index (κ1) is 23.4. The van der Waals surface area contributed by atoms with Crippen molar-refractivity contribution >= 4 is 49.0 Å². The van der Waals surface area contributed by atoms with Crippen molar-refractivity contribution in [1.29, 1.82) is 0 Å². The van der Waals surface area contributed by atoms with E-state index < -0.39 is 21.9 Å². The van der Waals surface area contributed by atoms with Gasteiger partial charge in [0.25, 0.3) is 5.91 Å². The summed E-state index contributed by atoms with van der Waals surface area (Å²) in [6.45, 7) is 0.936. The summed E-state index contributed by atoms with van der Waals surface area (Å²) in [5, 5.41) is 3.52. The molecule has 1 N–H and O–H groups in total. The molecular weight excluding hydrogens is 464 g/mol. The van der Waals surface area contributed by atoms with Crippen LogP contribution < -0.4 is 5.32 Å². The Morgan fingerprint density at radius 3 is 2.58 bits per heavy atom. The zero-order valence-corrected chi connectivity index (χ0v) is 19.9. The second kappa shape index (κ2) is 9.60. The molecule has 10 heteroatoms. The molecule has 1 aromatic heterocycles. The summed E-state index contributed by atoms with van der Waals surface area (Å²) in [5.74, 6) is -0.998. The summed E-state index contributed by atoms with van der Waals surface area (Å²) < 4.78 is 38.3. The zero-order valence-electron chi connectivity index (χ0n) is 18.2. The number of hydrogen-bond acceptors (Lipinski definition) is 7. The van der Waals surface area contributed by atoms with Gasteiger partial charge in [-0.25, -0.2) is 13.2 Å². The Bertz CT molecular complexity index is 1280. The van der Waals surface area contributed by atoms with E-state index in [1.54, 1.807) is 0 Å². The van der Waals surface area contributed by atoms with Crippen LogP contribution in [0.3, 0.4) is 0 Å². The van der Waals surface area contributed by atoms with Gasteiger partial charge in [-0.15, -0.1) is 11.3 Å². The molecule has 0 radical (unpaired) electrons. The number of benzene rings is 2. The zero-order chi connectivity index (χ0) is 23.6. The molecule has 4 rings (SSSR count). The van der Waals surface area contributed by atoms with Gasteiger partial charge in [0.05, 0.1) is 23.8 Å². The molecule has 1 saturated heterocycles. The van der Waals surface area contributed by atoms with Gasteiger partial charge in [-0.3, -0.25) is 4.79 Å². The van der Waals surface area contributed by atoms with Gasteiger partial charge in [-0.1, -0.05) is 18.2 Å². The van der Waals surface area contributed by atoms with Gasteiger partial charge in [-0.2, -0.15) is 4.31 Å². The quantitative estimate of drug-likeness (QED) is 0.509. The number of nitrogens with one attached hydrogen (secondary N) is 1. The number of nitrogens with zero attached hydrogens (tertiary/aromatic N) is 1. The van der Waals surface area contributed by atoms with Gasteiger partial charge in [0.15, 0.2) is 0 Å². The lowest BCUT2D eigenvalue weighted by molar-refractivity contribution is 0.0607. The number of amides is 1. The van der Waals surface area contributed by atoms with E-state index in [2.05, 4.69) is 5.32 Å². The Morgan fingerprint density at radius 2 is 1.91 bits per heavy atom. The molecular formula is C23H24N2O6S2.